The number of nitrogens with one attached hydrogen (secondary N) is 1. The molecule has 1 unspecified atom stereocenters. The first kappa shape index (κ1) is 20.2. The summed E-state index contributed by atoms with van der Waals surface area (Å²) in [6, 6.07) is 13.4. The van der Waals surface area contributed by atoms with E-state index in [1.165, 1.54) is 6.42 Å². The Morgan fingerprint density at radius 1 is 1.03 bits per heavy atom. The maximum atomic E-state index is 12.9. The van der Waals surface area contributed by atoms with Gasteiger partial charge in [0.05, 0.1) is 11.7 Å². The maximum Gasteiger partial charge on any atom is 0.281 e. The summed E-state index contributed by atoms with van der Waals surface area (Å²) in [7, 11) is 0. The second kappa shape index (κ2) is 8.74. The van der Waals surface area contributed by atoms with Crippen LogP contribution >= 0.6 is 23.2 Å². The zero-order chi connectivity index (χ0) is 20.4. The molecule has 2 aromatic carbocycles. The van der Waals surface area contributed by atoms with Gasteiger partial charge in [-0.05, 0) is 61.2 Å². The highest BCUT2D eigenvalue weighted by molar-refractivity contribution is 6.39. The number of hydrazone groups is 1. The molecule has 0 radical (unpaired) electrons. The molecule has 152 valence electrons. The van der Waals surface area contributed by atoms with Crippen LogP contribution in [0.1, 0.15) is 42.9 Å². The van der Waals surface area contributed by atoms with E-state index in [1.54, 1.807) is 0 Å². The third-order valence-corrected chi connectivity index (χ3v) is 5.94. The summed E-state index contributed by atoms with van der Waals surface area (Å²) in [5, 5.41) is 10.0. The van der Waals surface area contributed by atoms with E-state index in [0.29, 0.717) is 22.2 Å². The van der Waals surface area contributed by atoms with Crippen LogP contribution in [0.4, 0.5) is 5.69 Å². The van der Waals surface area contributed by atoms with E-state index < -0.39 is 0 Å². The fourth-order valence-corrected chi connectivity index (χ4v) is 4.26. The van der Waals surface area contributed by atoms with Crippen molar-refractivity contribution in [1.82, 2.24) is 10.4 Å². The smallest absolute Gasteiger partial charge is 0.281 e. The second-order valence-electron chi connectivity index (χ2n) is 7.58. The van der Waals surface area contributed by atoms with E-state index in [4.69, 9.17) is 28.3 Å². The van der Waals surface area contributed by atoms with Crippen LogP contribution in [0.15, 0.2) is 47.6 Å². The minimum Gasteiger partial charge on any atom is -0.284 e. The van der Waals surface area contributed by atoms with Crippen molar-refractivity contribution < 1.29 is 4.79 Å². The number of carbonyl (C=O) groups is 1. The normalized spacial score (nSPS) is 19.9. The van der Waals surface area contributed by atoms with Gasteiger partial charge in [-0.25, -0.2) is 5.01 Å². The van der Waals surface area contributed by atoms with Crippen LogP contribution in [0.2, 0.25) is 10.0 Å². The summed E-state index contributed by atoms with van der Waals surface area (Å²) in [6.07, 6.45) is 3.96. The standard InChI is InChI=1S/C22H24Cl2N4O/c1-15-13-18(24)9-10-20(15)28-21(16-5-7-17(23)8-6-16)14-19(25-28)22(29)26-27-11-3-2-4-12-27/h5-10,13,21H,2-4,11-12,14H2,1H3,(H,26,29). The van der Waals surface area contributed by atoms with E-state index in [1.807, 2.05) is 59.4 Å². The molecule has 1 saturated heterocycles. The highest BCUT2D eigenvalue weighted by atomic mass is 35.5. The molecule has 1 N–H and O–H groups in total. The van der Waals surface area contributed by atoms with Crippen molar-refractivity contribution in [3.63, 3.8) is 0 Å². The van der Waals surface area contributed by atoms with Crippen molar-refractivity contribution >= 4 is 40.5 Å². The number of piperidine rings is 1. The van der Waals surface area contributed by atoms with E-state index in [-0.39, 0.29) is 11.9 Å². The van der Waals surface area contributed by atoms with Gasteiger partial charge in [0.2, 0.25) is 0 Å². The molecule has 7 heteroatoms. The number of benzene rings is 2. The zero-order valence-electron chi connectivity index (χ0n) is 16.4. The molecule has 0 aromatic heterocycles. The third kappa shape index (κ3) is 4.58. The first-order valence-corrected chi connectivity index (χ1v) is 10.7. The Morgan fingerprint density at radius 2 is 1.72 bits per heavy atom. The summed E-state index contributed by atoms with van der Waals surface area (Å²) in [6.45, 7) is 3.78. The summed E-state index contributed by atoms with van der Waals surface area (Å²) >= 11 is 12.2. The van der Waals surface area contributed by atoms with Gasteiger partial charge in [0.1, 0.15) is 5.71 Å². The lowest BCUT2D eigenvalue weighted by Crippen LogP contribution is -2.47. The Kier molecular flexibility index (Phi) is 6.09. The lowest BCUT2D eigenvalue weighted by atomic mass is 10.0. The molecule has 2 aromatic rings. The number of hydrogen-bond acceptors (Lipinski definition) is 4. The summed E-state index contributed by atoms with van der Waals surface area (Å²) in [5.41, 5.74) is 6.58. The van der Waals surface area contributed by atoms with Crippen molar-refractivity contribution in [2.24, 2.45) is 5.10 Å². The molecule has 2 aliphatic rings. The zero-order valence-corrected chi connectivity index (χ0v) is 17.9. The van der Waals surface area contributed by atoms with E-state index in [9.17, 15) is 4.79 Å². The second-order valence-corrected chi connectivity index (χ2v) is 8.46. The molecule has 0 bridgehead atoms. The Bertz CT molecular complexity index is 923. The molecule has 29 heavy (non-hydrogen) atoms. The number of halogens is 2. The van der Waals surface area contributed by atoms with Gasteiger partial charge < -0.3 is 0 Å². The number of anilines is 1. The maximum absolute atomic E-state index is 12.9. The molecule has 0 aliphatic carbocycles. The molecule has 0 saturated carbocycles. The van der Waals surface area contributed by atoms with Gasteiger partial charge in [-0.15, -0.1) is 0 Å². The van der Waals surface area contributed by atoms with Gasteiger partial charge in [-0.1, -0.05) is 41.8 Å². The monoisotopic (exact) mass is 430 g/mol. The van der Waals surface area contributed by atoms with Gasteiger partial charge in [-0.2, -0.15) is 5.10 Å². The minimum absolute atomic E-state index is 0.0748. The molecular weight excluding hydrogens is 407 g/mol. The number of nitrogens with zero attached hydrogens (tertiary/aromatic N) is 3. The molecule has 0 spiro atoms. The van der Waals surface area contributed by atoms with E-state index in [0.717, 1.165) is 42.7 Å². The number of hydrazine groups is 1. The fraction of sp³-hybridized carbons (Fsp3) is 0.364. The largest absolute Gasteiger partial charge is 0.284 e. The van der Waals surface area contributed by atoms with Gasteiger partial charge in [0.15, 0.2) is 0 Å². The number of hydrogen-bond donors (Lipinski definition) is 1. The number of carbonyl (C=O) groups excluding carboxylic acids is 1. The van der Waals surface area contributed by atoms with Crippen molar-refractivity contribution in [2.75, 3.05) is 18.1 Å². The summed E-state index contributed by atoms with van der Waals surface area (Å²) in [5.74, 6) is -0.125. The van der Waals surface area contributed by atoms with Gasteiger partial charge in [0, 0.05) is 29.6 Å². The lowest BCUT2D eigenvalue weighted by molar-refractivity contribution is -0.119. The van der Waals surface area contributed by atoms with Crippen molar-refractivity contribution in [3.05, 3.63) is 63.6 Å². The number of amides is 1. The van der Waals surface area contributed by atoms with Gasteiger partial charge >= 0.3 is 0 Å². The Balaban J connectivity index is 1.62. The average Bonchev–Trinajstić information content (AvgIpc) is 3.14. The highest BCUT2D eigenvalue weighted by Gasteiger charge is 2.33. The van der Waals surface area contributed by atoms with Crippen LogP contribution < -0.4 is 10.4 Å². The Morgan fingerprint density at radius 3 is 2.41 bits per heavy atom. The predicted octanol–water partition coefficient (Wildman–Crippen LogP) is 5.13. The predicted molar refractivity (Wildman–Crippen MR) is 118 cm³/mol. The fourth-order valence-electron chi connectivity index (χ4n) is 3.90. The van der Waals surface area contributed by atoms with Crippen molar-refractivity contribution in [3.8, 4) is 0 Å². The Hall–Kier alpha value is -2.08. The third-order valence-electron chi connectivity index (χ3n) is 5.45. The topological polar surface area (TPSA) is 47.9 Å². The van der Waals surface area contributed by atoms with E-state index >= 15 is 0 Å². The highest BCUT2D eigenvalue weighted by Crippen LogP contribution is 2.38. The number of rotatable bonds is 4. The number of aryl methyl sites for hydroxylation is 1. The van der Waals surface area contributed by atoms with Gasteiger partial charge in [0.25, 0.3) is 5.91 Å². The molecule has 2 aliphatic heterocycles. The van der Waals surface area contributed by atoms with Crippen LogP contribution in [-0.2, 0) is 4.79 Å². The first-order chi connectivity index (χ1) is 14.0. The van der Waals surface area contributed by atoms with E-state index in [2.05, 4.69) is 5.43 Å². The van der Waals surface area contributed by atoms with Crippen molar-refractivity contribution in [1.29, 1.82) is 0 Å². The molecule has 4 rings (SSSR count). The lowest BCUT2D eigenvalue weighted by Gasteiger charge is -2.26. The molecule has 1 amide bonds. The van der Waals surface area contributed by atoms with Crippen LogP contribution in [-0.4, -0.2) is 29.7 Å². The molecule has 1 fully saturated rings. The van der Waals surface area contributed by atoms with Crippen LogP contribution in [0, 0.1) is 6.92 Å². The molecule has 5 nitrogen and oxygen atoms in total. The van der Waals surface area contributed by atoms with Crippen LogP contribution in [0.3, 0.4) is 0 Å². The van der Waals surface area contributed by atoms with Gasteiger partial charge in [-0.3, -0.25) is 15.2 Å². The minimum atomic E-state index is -0.125. The Labute approximate surface area is 181 Å². The van der Waals surface area contributed by atoms with Crippen LogP contribution in [0.5, 0.6) is 0 Å². The molecule has 1 atom stereocenters. The average molecular weight is 431 g/mol. The quantitative estimate of drug-likeness (QED) is 0.731. The summed E-state index contributed by atoms with van der Waals surface area (Å²) in [4.78, 5) is 12.9. The summed E-state index contributed by atoms with van der Waals surface area (Å²) < 4.78 is 0. The SMILES string of the molecule is Cc1cc(Cl)ccc1N1N=C(C(=O)NN2CCCCC2)CC1c1ccc(Cl)cc1. The first-order valence-electron chi connectivity index (χ1n) is 9.95. The molecule has 2 heterocycles. The molecular formula is C22H24Cl2N4O. The van der Waals surface area contributed by atoms with Crippen molar-refractivity contribution in [2.45, 2.75) is 38.6 Å². The van der Waals surface area contributed by atoms with Crippen LogP contribution in [0.25, 0.3) is 0 Å².